The summed E-state index contributed by atoms with van der Waals surface area (Å²) in [6.07, 6.45) is 0. The minimum Gasteiger partial charge on any atom is -1.00 e. The molecule has 50 heavy (non-hydrogen) atoms. The van der Waals surface area contributed by atoms with Crippen LogP contribution in [0, 0.1) is 0 Å². The Morgan fingerprint density at radius 1 is 0.400 bits per heavy atom. The SMILES string of the molecule is COc1cc(OC)c([Si](c2c(OC)cc(OC)cc2OC)(c2c(OC)cc(OC)cc2OC)[C]2([Ti+3])C(C)=C(C)C(C)=C2C)c(OC)c1.[Cl-].[Cl-].[Cl-]. The van der Waals surface area contributed by atoms with E-state index in [1.807, 2.05) is 36.4 Å². The summed E-state index contributed by atoms with van der Waals surface area (Å²) in [5.41, 5.74) is 4.76. The molecule has 4 rings (SSSR count). The average molecular weight is 804 g/mol. The Morgan fingerprint density at radius 2 is 0.600 bits per heavy atom. The van der Waals surface area contributed by atoms with Crippen LogP contribution in [0.4, 0.5) is 0 Å². The molecule has 1 aliphatic carbocycles. The Morgan fingerprint density at radius 3 is 0.760 bits per heavy atom. The molecule has 14 heteroatoms. The Hall–Kier alpha value is -2.86. The van der Waals surface area contributed by atoms with Crippen molar-refractivity contribution >= 4 is 23.6 Å². The van der Waals surface area contributed by atoms with Crippen molar-refractivity contribution in [2.75, 3.05) is 64.0 Å². The van der Waals surface area contributed by atoms with Gasteiger partial charge in [0, 0.05) is 0 Å². The fraction of sp³-hybridized carbons (Fsp3) is 0.389. The summed E-state index contributed by atoms with van der Waals surface area (Å²) in [5.74, 6) is 5.14. The minimum absolute atomic E-state index is 0. The molecule has 0 radical (unpaired) electrons. The molecular formula is C36H45Cl3O9SiTi. The van der Waals surface area contributed by atoms with Crippen LogP contribution in [0.25, 0.3) is 0 Å². The molecule has 0 spiro atoms. The van der Waals surface area contributed by atoms with Gasteiger partial charge in [0.15, 0.2) is 0 Å². The van der Waals surface area contributed by atoms with Crippen LogP contribution in [0.3, 0.4) is 0 Å². The standard InChI is InChI=1S/C36H45O9Si.3ClH.Ti/c1-20-21(2)23(4)33(22(20)3)46(34-27(40-8)14-24(37-5)15-28(34)41-9,35-29(42-10)16-25(38-6)17-30(35)43-11)36-31(44-12)18-26(39-7)19-32(36)45-13;;;;/h14-19H,1-13H3;3*1H;/q;;;;+3/p-3. The van der Waals surface area contributed by atoms with E-state index in [9.17, 15) is 0 Å². The molecule has 0 heterocycles. The molecule has 0 saturated carbocycles. The van der Waals surface area contributed by atoms with Crippen LogP contribution < -0.4 is 95.4 Å². The fourth-order valence-corrected chi connectivity index (χ4v) is 16.0. The number of hydrogen-bond acceptors (Lipinski definition) is 9. The molecule has 0 saturated heterocycles. The number of halogens is 3. The number of ether oxygens (including phenoxy) is 9. The van der Waals surface area contributed by atoms with Gasteiger partial charge in [-0.1, -0.05) is 0 Å². The van der Waals surface area contributed by atoms with Crippen molar-refractivity contribution in [3.63, 3.8) is 0 Å². The molecule has 1 aliphatic rings. The zero-order valence-corrected chi connectivity index (χ0v) is 35.6. The van der Waals surface area contributed by atoms with Gasteiger partial charge in [-0.3, -0.25) is 0 Å². The van der Waals surface area contributed by atoms with Crippen molar-refractivity contribution in [3.8, 4) is 51.7 Å². The van der Waals surface area contributed by atoms with Crippen molar-refractivity contribution in [1.82, 2.24) is 0 Å². The molecule has 0 unspecified atom stereocenters. The zero-order valence-electron chi connectivity index (χ0n) is 30.8. The first-order chi connectivity index (χ1) is 22.4. The monoisotopic (exact) mass is 802 g/mol. The second-order valence-corrected chi connectivity index (χ2v) is 16.9. The molecule has 0 aromatic heterocycles. The maximum absolute atomic E-state index is 6.32. The van der Waals surface area contributed by atoms with E-state index in [1.54, 1.807) is 64.0 Å². The third-order valence-electron chi connectivity index (χ3n) is 9.65. The third kappa shape index (κ3) is 6.75. The molecule has 0 aliphatic heterocycles. The van der Waals surface area contributed by atoms with E-state index in [0.717, 1.165) is 15.6 Å². The molecule has 0 N–H and O–H groups in total. The zero-order chi connectivity index (χ0) is 34.8. The van der Waals surface area contributed by atoms with Crippen molar-refractivity contribution < 1.29 is 100 Å². The molecule has 0 fully saturated rings. The van der Waals surface area contributed by atoms with Crippen LogP contribution in [-0.4, -0.2) is 72.1 Å². The first kappa shape index (κ1) is 45.2. The Bertz CT molecular complexity index is 1490. The fourth-order valence-electron chi connectivity index (χ4n) is 7.03. The van der Waals surface area contributed by atoms with Gasteiger partial charge in [0.2, 0.25) is 0 Å². The second kappa shape index (κ2) is 18.1. The number of rotatable bonds is 13. The number of hydrogen-bond donors (Lipinski definition) is 0. The normalized spacial score (nSPS) is 13.3. The van der Waals surface area contributed by atoms with Gasteiger partial charge in [-0.15, -0.1) is 0 Å². The van der Waals surface area contributed by atoms with Crippen molar-refractivity contribution in [2.45, 2.75) is 31.0 Å². The average Bonchev–Trinajstić information content (AvgIpc) is 3.26. The summed E-state index contributed by atoms with van der Waals surface area (Å²) in [6, 6.07) is 11.3. The van der Waals surface area contributed by atoms with Crippen LogP contribution in [0.5, 0.6) is 51.7 Å². The first-order valence-corrected chi connectivity index (χ1v) is 17.8. The second-order valence-electron chi connectivity index (χ2n) is 11.2. The van der Waals surface area contributed by atoms with E-state index in [-0.39, 0.29) is 37.2 Å². The number of benzene rings is 3. The van der Waals surface area contributed by atoms with Gasteiger partial charge >= 0.3 is 292 Å². The summed E-state index contributed by atoms with van der Waals surface area (Å²) in [5, 5.41) is 2.45. The number of allylic oxidation sites excluding steroid dienone is 4. The van der Waals surface area contributed by atoms with E-state index in [0.29, 0.717) is 51.7 Å². The van der Waals surface area contributed by atoms with E-state index in [2.05, 4.69) is 48.1 Å². The minimum atomic E-state index is -3.86. The van der Waals surface area contributed by atoms with Crippen LogP contribution in [0.15, 0.2) is 58.7 Å². The molecular weight excluding hydrogens is 759 g/mol. The van der Waals surface area contributed by atoms with Crippen LogP contribution in [-0.2, 0) is 20.4 Å². The Labute approximate surface area is 327 Å². The molecule has 9 nitrogen and oxygen atoms in total. The predicted octanol–water partition coefficient (Wildman–Crippen LogP) is -3.82. The van der Waals surface area contributed by atoms with Gasteiger partial charge in [-0.2, -0.15) is 0 Å². The first-order valence-electron chi connectivity index (χ1n) is 15.0. The summed E-state index contributed by atoms with van der Waals surface area (Å²) < 4.78 is 54.5. The Balaban J connectivity index is 0.00000417. The van der Waals surface area contributed by atoms with Gasteiger partial charge < -0.3 is 37.2 Å². The molecule has 0 amide bonds. The summed E-state index contributed by atoms with van der Waals surface area (Å²) in [7, 11) is 10.9. The molecule has 3 aromatic carbocycles. The smallest absolute Gasteiger partial charge is 1.00 e. The molecule has 272 valence electrons. The molecule has 0 atom stereocenters. The maximum Gasteiger partial charge on any atom is -1.00 e. The molecule has 0 bridgehead atoms. The van der Waals surface area contributed by atoms with Gasteiger partial charge in [-0.05, 0) is 0 Å². The van der Waals surface area contributed by atoms with Crippen LogP contribution in [0.1, 0.15) is 27.7 Å². The van der Waals surface area contributed by atoms with Gasteiger partial charge in [0.1, 0.15) is 0 Å². The van der Waals surface area contributed by atoms with E-state index in [1.165, 1.54) is 22.3 Å². The van der Waals surface area contributed by atoms with Crippen molar-refractivity contribution in [1.29, 1.82) is 0 Å². The topological polar surface area (TPSA) is 83.1 Å². The van der Waals surface area contributed by atoms with E-state index >= 15 is 0 Å². The van der Waals surface area contributed by atoms with Gasteiger partial charge in [0.05, 0.1) is 0 Å². The summed E-state index contributed by atoms with van der Waals surface area (Å²) in [4.78, 5) is 0. The van der Waals surface area contributed by atoms with Gasteiger partial charge in [-0.25, -0.2) is 0 Å². The molecule has 3 aromatic rings. The van der Waals surface area contributed by atoms with E-state index < -0.39 is 11.4 Å². The van der Waals surface area contributed by atoms with Crippen LogP contribution in [0.2, 0.25) is 3.34 Å². The maximum atomic E-state index is 6.32. The van der Waals surface area contributed by atoms with Crippen LogP contribution >= 0.6 is 0 Å². The summed E-state index contributed by atoms with van der Waals surface area (Å²) in [6.45, 7) is 8.74. The number of methoxy groups -OCH3 is 9. The summed E-state index contributed by atoms with van der Waals surface area (Å²) >= 11 is 2.29. The van der Waals surface area contributed by atoms with Crippen molar-refractivity contribution in [2.24, 2.45) is 0 Å². The quantitative estimate of drug-likeness (QED) is 0.128. The van der Waals surface area contributed by atoms with E-state index in [4.69, 9.17) is 42.6 Å². The predicted molar refractivity (Wildman–Crippen MR) is 182 cm³/mol. The Kier molecular flexibility index (Phi) is 16.3. The largest absolute Gasteiger partial charge is 1.00 e. The van der Waals surface area contributed by atoms with Crippen molar-refractivity contribution in [3.05, 3.63) is 58.7 Å². The van der Waals surface area contributed by atoms with Gasteiger partial charge in [0.25, 0.3) is 0 Å². The third-order valence-corrected chi connectivity index (χ3v) is 18.2.